The summed E-state index contributed by atoms with van der Waals surface area (Å²) < 4.78 is 1.39. The summed E-state index contributed by atoms with van der Waals surface area (Å²) in [5, 5.41) is 10.9. The lowest BCUT2D eigenvalue weighted by atomic mass is 10.0. The van der Waals surface area contributed by atoms with Crippen LogP contribution in [-0.2, 0) is 6.54 Å². The normalized spacial score (nSPS) is 17.4. The molecule has 0 aliphatic carbocycles. The summed E-state index contributed by atoms with van der Waals surface area (Å²) in [4.78, 5) is 23.3. The van der Waals surface area contributed by atoms with Crippen LogP contribution in [0.25, 0.3) is 0 Å². The zero-order valence-corrected chi connectivity index (χ0v) is 11.0. The summed E-state index contributed by atoms with van der Waals surface area (Å²) in [7, 11) is 0. The number of fused-ring (bicyclic) bond motifs is 1. The lowest BCUT2D eigenvalue weighted by Crippen LogP contribution is -2.39. The van der Waals surface area contributed by atoms with Gasteiger partial charge in [0.05, 0.1) is 12.6 Å². The lowest BCUT2D eigenvalue weighted by Gasteiger charge is -2.24. The van der Waals surface area contributed by atoms with Gasteiger partial charge in [-0.15, -0.1) is 5.10 Å². The molecule has 8 heteroatoms. The van der Waals surface area contributed by atoms with Gasteiger partial charge in [0.2, 0.25) is 0 Å². The van der Waals surface area contributed by atoms with Crippen LogP contribution in [0.5, 0.6) is 0 Å². The number of hydrogen-bond acceptors (Lipinski definition) is 4. The minimum Gasteiger partial charge on any atom is -0.364 e. The number of aromatic nitrogens is 3. The first-order chi connectivity index (χ1) is 9.56. The maximum Gasteiger partial charge on any atom is 0.272 e. The average Bonchev–Trinajstić information content (AvgIpc) is 2.84. The zero-order chi connectivity index (χ0) is 14.3. The van der Waals surface area contributed by atoms with Crippen molar-refractivity contribution in [2.45, 2.75) is 12.6 Å². The summed E-state index contributed by atoms with van der Waals surface area (Å²) >= 11 is 5.83. The molecule has 2 heterocycles. The molecule has 0 fully saturated rings. The molecule has 1 unspecified atom stereocenters. The van der Waals surface area contributed by atoms with Gasteiger partial charge in [0, 0.05) is 5.02 Å². The number of halogens is 1. The smallest absolute Gasteiger partial charge is 0.272 e. The van der Waals surface area contributed by atoms with Gasteiger partial charge in [-0.05, 0) is 17.7 Å². The van der Waals surface area contributed by atoms with Crippen molar-refractivity contribution < 1.29 is 9.59 Å². The van der Waals surface area contributed by atoms with Gasteiger partial charge in [-0.25, -0.2) is 4.68 Å². The number of carbonyl (C=O) groups excluding carboxylic acids is 2. The Hall–Kier alpha value is -2.41. The van der Waals surface area contributed by atoms with Gasteiger partial charge in [-0.1, -0.05) is 28.9 Å². The first-order valence-corrected chi connectivity index (χ1v) is 6.23. The number of primary amides is 1. The van der Waals surface area contributed by atoms with Gasteiger partial charge in [-0.3, -0.25) is 9.59 Å². The largest absolute Gasteiger partial charge is 0.364 e. The molecule has 0 spiro atoms. The molecule has 1 aliphatic heterocycles. The van der Waals surface area contributed by atoms with Crippen molar-refractivity contribution in [2.24, 2.45) is 5.73 Å². The number of rotatable bonds is 2. The van der Waals surface area contributed by atoms with Crippen molar-refractivity contribution in [3.63, 3.8) is 0 Å². The summed E-state index contributed by atoms with van der Waals surface area (Å²) in [6, 6.07) is 6.88. The second-order valence-electron chi connectivity index (χ2n) is 4.41. The van der Waals surface area contributed by atoms with Gasteiger partial charge in [0.1, 0.15) is 0 Å². The fraction of sp³-hybridized carbons (Fsp3) is 0.167. The quantitative estimate of drug-likeness (QED) is 0.841. The molecule has 0 saturated heterocycles. The monoisotopic (exact) mass is 291 g/mol. The van der Waals surface area contributed by atoms with Gasteiger partial charge < -0.3 is 11.1 Å². The van der Waals surface area contributed by atoms with Crippen LogP contribution in [0.2, 0.25) is 5.02 Å². The third-order valence-corrected chi connectivity index (χ3v) is 3.37. The predicted molar refractivity (Wildman–Crippen MR) is 70.2 cm³/mol. The molecular weight excluding hydrogens is 282 g/mol. The van der Waals surface area contributed by atoms with Crippen LogP contribution >= 0.6 is 11.6 Å². The van der Waals surface area contributed by atoms with E-state index >= 15 is 0 Å². The van der Waals surface area contributed by atoms with Gasteiger partial charge in [-0.2, -0.15) is 0 Å². The third kappa shape index (κ3) is 2.01. The second-order valence-corrected chi connectivity index (χ2v) is 4.85. The van der Waals surface area contributed by atoms with E-state index in [2.05, 4.69) is 15.6 Å². The Morgan fingerprint density at radius 1 is 1.40 bits per heavy atom. The number of nitrogens with zero attached hydrogens (tertiary/aromatic N) is 3. The summed E-state index contributed by atoms with van der Waals surface area (Å²) in [5.74, 6) is -1.19. The van der Waals surface area contributed by atoms with E-state index in [4.69, 9.17) is 17.3 Å². The standard InChI is InChI=1S/C12H10ClN5O2/c13-7-3-1-6(2-4-7)8-5-18-10(12(20)15-8)9(11(14)19)16-17-18/h1-4,8H,5H2,(H2,14,19)(H,15,20). The van der Waals surface area contributed by atoms with E-state index < -0.39 is 11.8 Å². The van der Waals surface area contributed by atoms with E-state index in [1.54, 1.807) is 12.1 Å². The molecule has 1 atom stereocenters. The summed E-state index contributed by atoms with van der Waals surface area (Å²) in [6.45, 7) is 0.378. The molecule has 1 aromatic carbocycles. The molecule has 2 aromatic rings. The highest BCUT2D eigenvalue weighted by molar-refractivity contribution is 6.30. The Kier molecular flexibility index (Phi) is 2.90. The van der Waals surface area contributed by atoms with E-state index in [0.717, 1.165) is 5.56 Å². The van der Waals surface area contributed by atoms with Crippen molar-refractivity contribution >= 4 is 23.4 Å². The Morgan fingerprint density at radius 3 is 2.75 bits per heavy atom. The lowest BCUT2D eigenvalue weighted by molar-refractivity contribution is 0.0883. The highest BCUT2D eigenvalue weighted by Crippen LogP contribution is 2.23. The van der Waals surface area contributed by atoms with Crippen LogP contribution < -0.4 is 11.1 Å². The topological polar surface area (TPSA) is 103 Å². The molecule has 20 heavy (non-hydrogen) atoms. The average molecular weight is 292 g/mol. The highest BCUT2D eigenvalue weighted by Gasteiger charge is 2.31. The van der Waals surface area contributed by atoms with Crippen LogP contribution in [0.3, 0.4) is 0 Å². The molecule has 3 N–H and O–H groups in total. The Morgan fingerprint density at radius 2 is 2.10 bits per heavy atom. The number of nitrogens with one attached hydrogen (secondary N) is 1. The van der Waals surface area contributed by atoms with Gasteiger partial charge >= 0.3 is 0 Å². The third-order valence-electron chi connectivity index (χ3n) is 3.12. The summed E-state index contributed by atoms with van der Waals surface area (Å²) in [6.07, 6.45) is 0. The first-order valence-electron chi connectivity index (χ1n) is 5.86. The molecule has 2 amide bonds. The molecular formula is C12H10ClN5O2. The molecule has 0 radical (unpaired) electrons. The van der Waals surface area contributed by atoms with E-state index in [1.807, 2.05) is 12.1 Å². The van der Waals surface area contributed by atoms with Crippen LogP contribution in [0.15, 0.2) is 24.3 Å². The van der Waals surface area contributed by atoms with Crippen molar-refractivity contribution in [3.05, 3.63) is 46.2 Å². The second kappa shape index (κ2) is 4.61. The maximum atomic E-state index is 12.1. The van der Waals surface area contributed by atoms with Crippen molar-refractivity contribution in [2.75, 3.05) is 0 Å². The molecule has 1 aromatic heterocycles. The fourth-order valence-corrected chi connectivity index (χ4v) is 2.29. The molecule has 0 saturated carbocycles. The Balaban J connectivity index is 1.95. The number of amides is 2. The molecule has 102 valence electrons. The van der Waals surface area contributed by atoms with Crippen molar-refractivity contribution in [1.29, 1.82) is 0 Å². The van der Waals surface area contributed by atoms with Crippen LogP contribution in [-0.4, -0.2) is 26.8 Å². The van der Waals surface area contributed by atoms with Crippen molar-refractivity contribution in [3.8, 4) is 0 Å². The van der Waals surface area contributed by atoms with Crippen LogP contribution in [0, 0.1) is 0 Å². The van der Waals surface area contributed by atoms with Crippen molar-refractivity contribution in [1.82, 2.24) is 20.3 Å². The Bertz CT molecular complexity index is 694. The number of carbonyl (C=O) groups is 2. The molecule has 7 nitrogen and oxygen atoms in total. The van der Waals surface area contributed by atoms with Gasteiger partial charge in [0.15, 0.2) is 11.4 Å². The van der Waals surface area contributed by atoms with E-state index in [0.29, 0.717) is 11.6 Å². The van der Waals surface area contributed by atoms with Crippen LogP contribution in [0.4, 0.5) is 0 Å². The molecule has 1 aliphatic rings. The number of hydrogen-bond donors (Lipinski definition) is 2. The fourth-order valence-electron chi connectivity index (χ4n) is 2.16. The number of benzene rings is 1. The molecule has 3 rings (SSSR count). The summed E-state index contributed by atoms with van der Waals surface area (Å²) in [5.41, 5.74) is 6.04. The SMILES string of the molecule is NC(=O)c1nnn2c1C(=O)NC(c1ccc(Cl)cc1)C2. The van der Waals surface area contributed by atoms with E-state index in [-0.39, 0.29) is 17.4 Å². The van der Waals surface area contributed by atoms with E-state index in [9.17, 15) is 9.59 Å². The minimum atomic E-state index is -0.772. The predicted octanol–water partition coefficient (Wildman–Crippen LogP) is 0.515. The number of nitrogens with two attached hydrogens (primary N) is 1. The maximum absolute atomic E-state index is 12.1. The highest BCUT2D eigenvalue weighted by atomic mass is 35.5. The van der Waals surface area contributed by atoms with E-state index in [1.165, 1.54) is 4.68 Å². The first kappa shape index (κ1) is 12.6. The van der Waals surface area contributed by atoms with Gasteiger partial charge in [0.25, 0.3) is 11.8 Å². The molecule has 0 bridgehead atoms. The van der Waals surface area contributed by atoms with Crippen LogP contribution in [0.1, 0.15) is 32.6 Å². The minimum absolute atomic E-state index is 0.0997. The zero-order valence-electron chi connectivity index (χ0n) is 10.2. The Labute approximate surface area is 118 Å².